The van der Waals surface area contributed by atoms with Crippen LogP contribution in [-0.4, -0.2) is 18.2 Å². The topological polar surface area (TPSA) is 52.8 Å². The van der Waals surface area contributed by atoms with Crippen LogP contribution in [0.25, 0.3) is 4.85 Å². The fourth-order valence-corrected chi connectivity index (χ4v) is 2.95. The monoisotopic (exact) mass is 254 g/mol. The van der Waals surface area contributed by atoms with E-state index >= 15 is 0 Å². The van der Waals surface area contributed by atoms with Crippen molar-refractivity contribution in [2.75, 3.05) is 13.2 Å². The van der Waals surface area contributed by atoms with Gasteiger partial charge in [0.05, 0.1) is 13.2 Å². The van der Waals surface area contributed by atoms with Crippen molar-refractivity contribution in [1.82, 2.24) is 4.98 Å². The van der Waals surface area contributed by atoms with Gasteiger partial charge in [-0.1, -0.05) is 12.6 Å². The molecule has 0 aliphatic carbocycles. The van der Waals surface area contributed by atoms with E-state index in [0.29, 0.717) is 18.9 Å². The molecule has 0 bridgehead atoms. The van der Waals surface area contributed by atoms with Crippen LogP contribution in [0.4, 0.5) is 5.82 Å². The molecule has 0 spiro atoms. The minimum absolute atomic E-state index is 0.0953. The molecular formula is C11H15N2O3P. The summed E-state index contributed by atoms with van der Waals surface area (Å²) in [6.07, 6.45) is 0.0953. The van der Waals surface area contributed by atoms with Gasteiger partial charge in [-0.2, -0.15) is 0 Å². The Balaban J connectivity index is 2.86. The second kappa shape index (κ2) is 6.51. The molecule has 0 fully saturated rings. The molecule has 1 rings (SSSR count). The van der Waals surface area contributed by atoms with E-state index in [4.69, 9.17) is 15.6 Å². The minimum Gasteiger partial charge on any atom is -0.361 e. The molecule has 0 saturated carbocycles. The summed E-state index contributed by atoms with van der Waals surface area (Å²) in [4.78, 5) is 7.28. The summed E-state index contributed by atoms with van der Waals surface area (Å²) in [6, 6.07) is 5.01. The van der Waals surface area contributed by atoms with Crippen molar-refractivity contribution in [1.29, 1.82) is 0 Å². The first-order chi connectivity index (χ1) is 8.13. The Hall–Kier alpha value is -1.21. The van der Waals surface area contributed by atoms with Gasteiger partial charge >= 0.3 is 7.60 Å². The summed E-state index contributed by atoms with van der Waals surface area (Å²) in [5.74, 6) is 0.280. The zero-order chi connectivity index (χ0) is 12.7. The fraction of sp³-hybridized carbons (Fsp3) is 0.455. The molecule has 0 aliphatic heterocycles. The number of rotatable bonds is 6. The molecule has 0 aromatic carbocycles. The number of pyridine rings is 1. The van der Waals surface area contributed by atoms with E-state index in [1.807, 2.05) is 0 Å². The molecule has 0 N–H and O–H groups in total. The van der Waals surface area contributed by atoms with Crippen LogP contribution < -0.4 is 0 Å². The molecule has 1 aromatic heterocycles. The zero-order valence-corrected chi connectivity index (χ0v) is 10.8. The number of nitrogens with zero attached hydrogens (tertiary/aromatic N) is 2. The van der Waals surface area contributed by atoms with Crippen molar-refractivity contribution in [2.24, 2.45) is 0 Å². The van der Waals surface area contributed by atoms with E-state index < -0.39 is 7.60 Å². The van der Waals surface area contributed by atoms with Crippen LogP contribution in [0, 0.1) is 6.57 Å². The largest absolute Gasteiger partial charge is 0.361 e. The third-order valence-corrected chi connectivity index (χ3v) is 3.93. The molecule has 5 nitrogen and oxygen atoms in total. The van der Waals surface area contributed by atoms with Crippen LogP contribution in [0.15, 0.2) is 18.2 Å². The molecule has 0 amide bonds. The summed E-state index contributed by atoms with van der Waals surface area (Å²) in [5, 5.41) is 0. The van der Waals surface area contributed by atoms with Crippen molar-refractivity contribution in [3.8, 4) is 0 Å². The molecule has 0 atom stereocenters. The van der Waals surface area contributed by atoms with Crippen molar-refractivity contribution in [3.63, 3.8) is 0 Å². The van der Waals surface area contributed by atoms with E-state index in [-0.39, 0.29) is 12.0 Å². The van der Waals surface area contributed by atoms with Crippen LogP contribution in [0.3, 0.4) is 0 Å². The van der Waals surface area contributed by atoms with Gasteiger partial charge in [0.15, 0.2) is 0 Å². The zero-order valence-electron chi connectivity index (χ0n) is 9.92. The Bertz CT molecular complexity index is 446. The van der Waals surface area contributed by atoms with Crippen molar-refractivity contribution in [3.05, 3.63) is 35.3 Å². The lowest BCUT2D eigenvalue weighted by Crippen LogP contribution is -2.00. The van der Waals surface area contributed by atoms with Crippen LogP contribution in [0.5, 0.6) is 0 Å². The van der Waals surface area contributed by atoms with Crippen LogP contribution in [-0.2, 0) is 19.8 Å². The van der Waals surface area contributed by atoms with Crippen LogP contribution >= 0.6 is 7.60 Å². The molecule has 92 valence electrons. The summed E-state index contributed by atoms with van der Waals surface area (Å²) in [6.45, 7) is 11.0. The molecule has 6 heteroatoms. The van der Waals surface area contributed by atoms with E-state index in [1.165, 1.54) is 0 Å². The third kappa shape index (κ3) is 4.27. The maximum atomic E-state index is 12.2. The first-order valence-corrected chi connectivity index (χ1v) is 7.08. The van der Waals surface area contributed by atoms with E-state index in [9.17, 15) is 4.57 Å². The van der Waals surface area contributed by atoms with Gasteiger partial charge in [-0.25, -0.2) is 0 Å². The first kappa shape index (κ1) is 13.9. The first-order valence-electron chi connectivity index (χ1n) is 5.35. The molecule has 1 heterocycles. The van der Waals surface area contributed by atoms with Gasteiger partial charge < -0.3 is 13.9 Å². The van der Waals surface area contributed by atoms with E-state index in [2.05, 4.69) is 9.83 Å². The summed E-state index contributed by atoms with van der Waals surface area (Å²) in [5.41, 5.74) is 0.545. The number of aromatic nitrogens is 1. The van der Waals surface area contributed by atoms with Crippen molar-refractivity contribution in [2.45, 2.75) is 20.0 Å². The molecule has 0 aliphatic rings. The third-order valence-electron chi connectivity index (χ3n) is 1.91. The predicted octanol–water partition coefficient (Wildman–Crippen LogP) is 3.40. The molecular weight excluding hydrogens is 239 g/mol. The molecule has 0 radical (unpaired) electrons. The molecule has 0 saturated heterocycles. The quantitative estimate of drug-likeness (QED) is 0.576. The highest BCUT2D eigenvalue weighted by Gasteiger charge is 2.26. The Morgan fingerprint density at radius 1 is 1.35 bits per heavy atom. The summed E-state index contributed by atoms with van der Waals surface area (Å²) in [7, 11) is -3.14. The standard InChI is InChI=1S/C11H15N2O3P/c1-4-15-17(14,16-5-2)9-10-7-6-8-11(12-3)13-10/h6-8H,4-5,9H2,1-2H3. The summed E-state index contributed by atoms with van der Waals surface area (Å²) >= 11 is 0. The second-order valence-electron chi connectivity index (χ2n) is 3.20. The number of hydrogen-bond acceptors (Lipinski definition) is 4. The Labute approximate surface area is 101 Å². The lowest BCUT2D eigenvalue weighted by Gasteiger charge is -2.15. The highest BCUT2D eigenvalue weighted by molar-refractivity contribution is 7.53. The maximum Gasteiger partial charge on any atom is 0.338 e. The summed E-state index contributed by atoms with van der Waals surface area (Å²) < 4.78 is 22.5. The average molecular weight is 254 g/mol. The Kier molecular flexibility index (Phi) is 5.30. The molecule has 0 unspecified atom stereocenters. The van der Waals surface area contributed by atoms with Gasteiger partial charge in [0, 0.05) is 0 Å². The fourth-order valence-electron chi connectivity index (χ4n) is 1.34. The minimum atomic E-state index is -3.14. The highest BCUT2D eigenvalue weighted by atomic mass is 31.2. The lowest BCUT2D eigenvalue weighted by molar-refractivity contribution is 0.219. The van der Waals surface area contributed by atoms with E-state index in [0.717, 1.165) is 0 Å². The smallest absolute Gasteiger partial charge is 0.338 e. The van der Waals surface area contributed by atoms with Gasteiger partial charge in [0.2, 0.25) is 0 Å². The number of hydrogen-bond donors (Lipinski definition) is 0. The highest BCUT2D eigenvalue weighted by Crippen LogP contribution is 2.50. The molecule has 1 aromatic rings. The van der Waals surface area contributed by atoms with E-state index in [1.54, 1.807) is 32.0 Å². The Morgan fingerprint density at radius 3 is 2.53 bits per heavy atom. The van der Waals surface area contributed by atoms with Crippen LogP contribution in [0.1, 0.15) is 19.5 Å². The maximum absolute atomic E-state index is 12.2. The SMILES string of the molecule is [C-]#[N+]c1cccc(CP(=O)(OCC)OCC)n1. The normalized spacial score (nSPS) is 11.1. The van der Waals surface area contributed by atoms with Gasteiger partial charge in [-0.3, -0.25) is 4.57 Å². The Morgan fingerprint density at radius 2 is 2.00 bits per heavy atom. The second-order valence-corrected chi connectivity index (χ2v) is 5.26. The average Bonchev–Trinajstić information content (AvgIpc) is 2.29. The van der Waals surface area contributed by atoms with Gasteiger partial charge in [0.1, 0.15) is 11.9 Å². The van der Waals surface area contributed by atoms with Crippen molar-refractivity contribution < 1.29 is 13.6 Å². The van der Waals surface area contributed by atoms with Gasteiger partial charge in [0.25, 0.3) is 5.82 Å². The molecule has 17 heavy (non-hydrogen) atoms. The lowest BCUT2D eigenvalue weighted by atomic mass is 10.4. The van der Waals surface area contributed by atoms with Crippen LogP contribution in [0.2, 0.25) is 0 Å². The van der Waals surface area contributed by atoms with Gasteiger partial charge in [-0.05, 0) is 26.0 Å². The predicted molar refractivity (Wildman–Crippen MR) is 65.1 cm³/mol. The van der Waals surface area contributed by atoms with Gasteiger partial charge in [-0.15, -0.1) is 4.98 Å². The van der Waals surface area contributed by atoms with Crippen molar-refractivity contribution >= 4 is 13.4 Å².